The monoisotopic (exact) mass is 241 g/mol. The van der Waals surface area contributed by atoms with Crippen molar-refractivity contribution in [1.82, 2.24) is 4.72 Å². The third-order valence-electron chi connectivity index (χ3n) is 1.10. The molecule has 0 unspecified atom stereocenters. The number of hydrogen-bond acceptors (Lipinski definition) is 5. The second-order valence-corrected chi connectivity index (χ2v) is 4.26. The highest BCUT2D eigenvalue weighted by molar-refractivity contribution is 8.76. The number of ether oxygens (including phenoxy) is 2. The van der Waals surface area contributed by atoms with E-state index in [-0.39, 0.29) is 6.29 Å². The van der Waals surface area contributed by atoms with Gasteiger partial charge in [0.2, 0.25) is 0 Å². The highest BCUT2D eigenvalue weighted by Crippen LogP contribution is 2.19. The zero-order chi connectivity index (χ0) is 10.8. The first-order valence-corrected chi connectivity index (χ1v) is 6.53. The first-order chi connectivity index (χ1) is 6.70. The standard InChI is InChI=1S/C7H15NO4S2/c1-3-11-6(12-4-2)5-13-14-8-7(9)10/h6,8H,3-5H2,1-2H3,(H,9,10). The summed E-state index contributed by atoms with van der Waals surface area (Å²) >= 11 is 0. The highest BCUT2D eigenvalue weighted by atomic mass is 33.1. The van der Waals surface area contributed by atoms with E-state index in [1.165, 1.54) is 10.8 Å². The Morgan fingerprint density at radius 3 is 2.43 bits per heavy atom. The van der Waals surface area contributed by atoms with E-state index in [9.17, 15) is 4.79 Å². The van der Waals surface area contributed by atoms with Gasteiger partial charge >= 0.3 is 6.09 Å². The van der Waals surface area contributed by atoms with E-state index in [1.54, 1.807) is 0 Å². The minimum Gasteiger partial charge on any atom is -0.464 e. The molecule has 14 heavy (non-hydrogen) atoms. The third kappa shape index (κ3) is 8.49. The maximum absolute atomic E-state index is 10.1. The second-order valence-electron chi connectivity index (χ2n) is 2.12. The van der Waals surface area contributed by atoms with Crippen molar-refractivity contribution in [2.45, 2.75) is 20.1 Å². The molecule has 0 saturated carbocycles. The molecule has 0 heterocycles. The number of amides is 1. The van der Waals surface area contributed by atoms with Crippen LogP contribution in [0.25, 0.3) is 0 Å². The van der Waals surface area contributed by atoms with Crippen LogP contribution in [-0.2, 0) is 9.47 Å². The van der Waals surface area contributed by atoms with Gasteiger partial charge in [-0.1, -0.05) is 10.8 Å². The van der Waals surface area contributed by atoms with Gasteiger partial charge in [0.05, 0.1) is 5.75 Å². The number of hydrogen-bond donors (Lipinski definition) is 2. The topological polar surface area (TPSA) is 67.8 Å². The summed E-state index contributed by atoms with van der Waals surface area (Å²) in [7, 11) is 2.39. The summed E-state index contributed by atoms with van der Waals surface area (Å²) in [6, 6.07) is 0. The molecule has 1 amide bonds. The molecule has 0 radical (unpaired) electrons. The van der Waals surface area contributed by atoms with Crippen molar-refractivity contribution in [2.75, 3.05) is 19.0 Å². The fourth-order valence-corrected chi connectivity index (χ4v) is 2.10. The average molecular weight is 241 g/mol. The molecule has 0 aromatic carbocycles. The molecule has 0 aliphatic heterocycles. The number of rotatable bonds is 8. The lowest BCUT2D eigenvalue weighted by Crippen LogP contribution is -2.20. The molecule has 0 fully saturated rings. The first kappa shape index (κ1) is 13.9. The summed E-state index contributed by atoms with van der Waals surface area (Å²) in [4.78, 5) is 10.1. The van der Waals surface area contributed by atoms with E-state index < -0.39 is 6.09 Å². The van der Waals surface area contributed by atoms with Gasteiger partial charge in [-0.25, -0.2) is 4.79 Å². The van der Waals surface area contributed by atoms with Crippen LogP contribution in [0.1, 0.15) is 13.8 Å². The van der Waals surface area contributed by atoms with Crippen molar-refractivity contribution in [3.05, 3.63) is 0 Å². The third-order valence-corrected chi connectivity index (χ3v) is 2.89. The Morgan fingerprint density at radius 1 is 1.43 bits per heavy atom. The van der Waals surface area contributed by atoms with E-state index in [0.717, 1.165) is 11.0 Å². The molecule has 7 heteroatoms. The molecule has 0 aliphatic carbocycles. The maximum Gasteiger partial charge on any atom is 0.415 e. The van der Waals surface area contributed by atoms with Gasteiger partial charge < -0.3 is 14.6 Å². The fraction of sp³-hybridized carbons (Fsp3) is 0.857. The van der Waals surface area contributed by atoms with Crippen LogP contribution in [0.4, 0.5) is 4.79 Å². The minimum atomic E-state index is -1.05. The van der Waals surface area contributed by atoms with Crippen molar-refractivity contribution in [3.63, 3.8) is 0 Å². The van der Waals surface area contributed by atoms with E-state index in [4.69, 9.17) is 14.6 Å². The van der Waals surface area contributed by atoms with Crippen molar-refractivity contribution in [3.8, 4) is 0 Å². The number of carboxylic acid groups (broad SMARTS) is 1. The Bertz CT molecular complexity index is 153. The second kappa shape index (κ2) is 9.45. The normalized spacial score (nSPS) is 10.5. The van der Waals surface area contributed by atoms with Crippen molar-refractivity contribution in [1.29, 1.82) is 0 Å². The van der Waals surface area contributed by atoms with Gasteiger partial charge in [-0.15, -0.1) is 0 Å². The Labute approximate surface area is 91.4 Å². The predicted octanol–water partition coefficient (Wildman–Crippen LogP) is 1.95. The molecule has 0 rings (SSSR count). The van der Waals surface area contributed by atoms with Crippen LogP contribution in [0.2, 0.25) is 0 Å². The molecule has 0 atom stereocenters. The summed E-state index contributed by atoms with van der Waals surface area (Å²) in [5.41, 5.74) is 0. The van der Waals surface area contributed by atoms with Crippen molar-refractivity contribution in [2.24, 2.45) is 0 Å². The van der Waals surface area contributed by atoms with Crippen LogP contribution >= 0.6 is 21.8 Å². The van der Waals surface area contributed by atoms with Crippen LogP contribution in [0.15, 0.2) is 0 Å². The number of carbonyl (C=O) groups is 1. The molecule has 0 aliphatic rings. The molecule has 0 spiro atoms. The Balaban J connectivity index is 3.44. The molecule has 0 bridgehead atoms. The van der Waals surface area contributed by atoms with Crippen molar-refractivity contribution >= 4 is 27.9 Å². The lowest BCUT2D eigenvalue weighted by atomic mass is 10.7. The first-order valence-electron chi connectivity index (χ1n) is 4.21. The van der Waals surface area contributed by atoms with Gasteiger partial charge in [0.15, 0.2) is 6.29 Å². The lowest BCUT2D eigenvalue weighted by Gasteiger charge is -2.15. The summed E-state index contributed by atoms with van der Waals surface area (Å²) in [5.74, 6) is 0.590. The average Bonchev–Trinajstić information content (AvgIpc) is 2.12. The van der Waals surface area contributed by atoms with Gasteiger partial charge in [0, 0.05) is 24.2 Å². The molecular formula is C7H15NO4S2. The van der Waals surface area contributed by atoms with Gasteiger partial charge in [0.25, 0.3) is 0 Å². The largest absolute Gasteiger partial charge is 0.464 e. The van der Waals surface area contributed by atoms with Crippen LogP contribution in [0.3, 0.4) is 0 Å². The zero-order valence-electron chi connectivity index (χ0n) is 8.19. The minimum absolute atomic E-state index is 0.266. The molecule has 0 saturated heterocycles. The van der Waals surface area contributed by atoms with Gasteiger partial charge in [-0.3, -0.25) is 4.72 Å². The Morgan fingerprint density at radius 2 is 2.00 bits per heavy atom. The molecule has 5 nitrogen and oxygen atoms in total. The SMILES string of the molecule is CCOC(CSSNC(=O)O)OCC. The molecule has 2 N–H and O–H groups in total. The summed E-state index contributed by atoms with van der Waals surface area (Å²) in [6.07, 6.45) is -1.31. The quantitative estimate of drug-likeness (QED) is 0.293. The van der Waals surface area contributed by atoms with Crippen LogP contribution < -0.4 is 4.72 Å². The Hall–Kier alpha value is -0.110. The smallest absolute Gasteiger partial charge is 0.415 e. The maximum atomic E-state index is 10.1. The molecule has 0 aromatic heterocycles. The predicted molar refractivity (Wildman–Crippen MR) is 58.2 cm³/mol. The Kier molecular flexibility index (Phi) is 9.37. The summed E-state index contributed by atoms with van der Waals surface area (Å²) in [6.45, 7) is 4.95. The zero-order valence-corrected chi connectivity index (χ0v) is 9.82. The van der Waals surface area contributed by atoms with Crippen LogP contribution in [-0.4, -0.2) is 36.5 Å². The highest BCUT2D eigenvalue weighted by Gasteiger charge is 2.08. The van der Waals surface area contributed by atoms with Crippen LogP contribution in [0.5, 0.6) is 0 Å². The van der Waals surface area contributed by atoms with Gasteiger partial charge in [0.1, 0.15) is 0 Å². The molecule has 0 aromatic rings. The fourth-order valence-electron chi connectivity index (χ4n) is 0.671. The lowest BCUT2D eigenvalue weighted by molar-refractivity contribution is -0.119. The van der Waals surface area contributed by atoms with Crippen LogP contribution in [0, 0.1) is 0 Å². The van der Waals surface area contributed by atoms with Crippen molar-refractivity contribution < 1.29 is 19.4 Å². The van der Waals surface area contributed by atoms with Gasteiger partial charge in [-0.2, -0.15) is 0 Å². The molecule has 84 valence electrons. The van der Waals surface area contributed by atoms with Gasteiger partial charge in [-0.05, 0) is 13.8 Å². The van der Waals surface area contributed by atoms with E-state index in [2.05, 4.69) is 4.72 Å². The van der Waals surface area contributed by atoms with E-state index in [1.807, 2.05) is 13.8 Å². The molecular weight excluding hydrogens is 226 g/mol. The summed E-state index contributed by atoms with van der Waals surface area (Å²) in [5, 5.41) is 8.28. The van der Waals surface area contributed by atoms with E-state index in [0.29, 0.717) is 19.0 Å². The number of nitrogens with one attached hydrogen (secondary N) is 1. The van der Waals surface area contributed by atoms with E-state index >= 15 is 0 Å². The summed E-state index contributed by atoms with van der Waals surface area (Å²) < 4.78 is 12.7.